The summed E-state index contributed by atoms with van der Waals surface area (Å²) in [6.07, 6.45) is 0.828. The molecule has 0 saturated carbocycles. The van der Waals surface area contributed by atoms with Crippen LogP contribution in [0.2, 0.25) is 0 Å². The smallest absolute Gasteiger partial charge is 0.264 e. The molecule has 2 aromatic rings. The van der Waals surface area contributed by atoms with Crippen molar-refractivity contribution in [3.05, 3.63) is 50.9 Å². The topological polar surface area (TPSA) is 37.8 Å². The zero-order valence-corrected chi connectivity index (χ0v) is 9.91. The fraction of sp³-hybridized carbons (Fsp3) is 0.182. The highest BCUT2D eigenvalue weighted by atomic mass is 79.9. The van der Waals surface area contributed by atoms with Crippen molar-refractivity contribution in [1.29, 1.82) is 0 Å². The van der Waals surface area contributed by atoms with Gasteiger partial charge in [-0.1, -0.05) is 22.9 Å². The molecular formula is C11H11BrN2O. The van der Waals surface area contributed by atoms with Gasteiger partial charge >= 0.3 is 0 Å². The largest absolute Gasteiger partial charge is 0.268 e. The third-order valence-electron chi connectivity index (χ3n) is 2.25. The maximum absolute atomic E-state index is 11.2. The Morgan fingerprint density at radius 3 is 2.60 bits per heavy atom. The van der Waals surface area contributed by atoms with E-state index in [0.717, 1.165) is 22.3 Å². The van der Waals surface area contributed by atoms with Gasteiger partial charge in [-0.2, -0.15) is 0 Å². The number of aromatic amines is 1. The molecule has 0 saturated heterocycles. The highest BCUT2D eigenvalue weighted by molar-refractivity contribution is 9.10. The maximum atomic E-state index is 11.2. The van der Waals surface area contributed by atoms with Crippen LogP contribution in [0.25, 0.3) is 5.69 Å². The van der Waals surface area contributed by atoms with Gasteiger partial charge in [0.05, 0.1) is 5.69 Å². The Morgan fingerprint density at radius 1 is 1.33 bits per heavy atom. The van der Waals surface area contributed by atoms with Gasteiger partial charge in [0.2, 0.25) is 0 Å². The summed E-state index contributed by atoms with van der Waals surface area (Å²) >= 11 is 3.38. The van der Waals surface area contributed by atoms with Crippen molar-refractivity contribution in [2.24, 2.45) is 0 Å². The van der Waals surface area contributed by atoms with Gasteiger partial charge in [0, 0.05) is 16.2 Å². The van der Waals surface area contributed by atoms with Crippen LogP contribution in [0.15, 0.2) is 39.6 Å². The molecule has 1 aromatic heterocycles. The minimum Gasteiger partial charge on any atom is -0.268 e. The van der Waals surface area contributed by atoms with Gasteiger partial charge in [0.1, 0.15) is 0 Å². The zero-order valence-electron chi connectivity index (χ0n) is 8.33. The monoisotopic (exact) mass is 266 g/mol. The fourth-order valence-corrected chi connectivity index (χ4v) is 1.78. The molecule has 2 rings (SSSR count). The number of nitrogens with zero attached hydrogens (tertiary/aromatic N) is 1. The number of aryl methyl sites for hydroxylation is 1. The lowest BCUT2D eigenvalue weighted by molar-refractivity contribution is 0.805. The molecule has 0 fully saturated rings. The van der Waals surface area contributed by atoms with E-state index in [9.17, 15) is 4.79 Å². The van der Waals surface area contributed by atoms with Crippen molar-refractivity contribution in [1.82, 2.24) is 9.78 Å². The number of aromatic nitrogens is 2. The van der Waals surface area contributed by atoms with Crippen LogP contribution in [0, 0.1) is 0 Å². The van der Waals surface area contributed by atoms with Crippen LogP contribution in [0.1, 0.15) is 12.6 Å². The second-order valence-electron chi connectivity index (χ2n) is 3.28. The molecule has 0 unspecified atom stereocenters. The van der Waals surface area contributed by atoms with E-state index in [1.54, 1.807) is 6.07 Å². The average molecular weight is 267 g/mol. The van der Waals surface area contributed by atoms with E-state index in [4.69, 9.17) is 0 Å². The number of hydrogen-bond donors (Lipinski definition) is 1. The van der Waals surface area contributed by atoms with Crippen molar-refractivity contribution in [2.45, 2.75) is 13.3 Å². The summed E-state index contributed by atoms with van der Waals surface area (Å²) < 4.78 is 2.84. The van der Waals surface area contributed by atoms with Crippen molar-refractivity contribution >= 4 is 15.9 Å². The molecule has 0 spiro atoms. The fourth-order valence-electron chi connectivity index (χ4n) is 1.51. The summed E-state index contributed by atoms with van der Waals surface area (Å²) in [6.45, 7) is 2.03. The van der Waals surface area contributed by atoms with Crippen LogP contribution in [-0.4, -0.2) is 9.78 Å². The molecule has 0 aliphatic heterocycles. The van der Waals surface area contributed by atoms with Gasteiger partial charge in [0.15, 0.2) is 0 Å². The maximum Gasteiger partial charge on any atom is 0.264 e. The third-order valence-corrected chi connectivity index (χ3v) is 2.78. The van der Waals surface area contributed by atoms with Gasteiger partial charge in [-0.25, -0.2) is 0 Å². The van der Waals surface area contributed by atoms with Crippen molar-refractivity contribution in [3.63, 3.8) is 0 Å². The highest BCUT2D eigenvalue weighted by Gasteiger charge is 2.03. The van der Waals surface area contributed by atoms with E-state index >= 15 is 0 Å². The minimum absolute atomic E-state index is 0.0604. The Bertz CT molecular complexity index is 510. The number of H-pyrrole nitrogens is 1. The number of hydrogen-bond acceptors (Lipinski definition) is 1. The summed E-state index contributed by atoms with van der Waals surface area (Å²) in [4.78, 5) is 11.2. The lowest BCUT2D eigenvalue weighted by Gasteiger charge is -2.06. The van der Waals surface area contributed by atoms with E-state index < -0.39 is 0 Å². The lowest BCUT2D eigenvalue weighted by Crippen LogP contribution is -2.04. The molecule has 78 valence electrons. The molecule has 0 aliphatic carbocycles. The predicted molar refractivity (Wildman–Crippen MR) is 63.5 cm³/mol. The predicted octanol–water partition coefficient (Wildman–Crippen LogP) is 2.49. The molecule has 4 heteroatoms. The first-order valence-corrected chi connectivity index (χ1v) is 5.57. The van der Waals surface area contributed by atoms with Gasteiger partial charge in [-0.3, -0.25) is 14.6 Å². The first kappa shape index (κ1) is 10.2. The van der Waals surface area contributed by atoms with E-state index in [1.165, 1.54) is 0 Å². The molecule has 15 heavy (non-hydrogen) atoms. The van der Waals surface area contributed by atoms with Crippen LogP contribution in [-0.2, 0) is 6.42 Å². The Labute approximate surface area is 95.9 Å². The number of benzene rings is 1. The van der Waals surface area contributed by atoms with E-state index in [1.807, 2.05) is 35.9 Å². The Morgan fingerprint density at radius 2 is 2.00 bits per heavy atom. The first-order chi connectivity index (χ1) is 7.20. The summed E-state index contributed by atoms with van der Waals surface area (Å²) in [5, 5.41) is 2.78. The standard InChI is InChI=1S/C11H11BrN2O/c1-2-9-7-11(15)13-14(9)10-5-3-8(12)4-6-10/h3-7H,2H2,1H3,(H,13,15). The summed E-state index contributed by atoms with van der Waals surface area (Å²) in [5.74, 6) is 0. The van der Waals surface area contributed by atoms with E-state index in [-0.39, 0.29) is 5.56 Å². The molecule has 1 N–H and O–H groups in total. The summed E-state index contributed by atoms with van der Waals surface area (Å²) in [5.41, 5.74) is 1.90. The van der Waals surface area contributed by atoms with Crippen LogP contribution in [0.4, 0.5) is 0 Å². The minimum atomic E-state index is -0.0604. The number of halogens is 1. The first-order valence-electron chi connectivity index (χ1n) is 4.77. The highest BCUT2D eigenvalue weighted by Crippen LogP contribution is 2.14. The number of nitrogens with one attached hydrogen (secondary N) is 1. The molecule has 1 heterocycles. The molecule has 0 amide bonds. The molecule has 1 aromatic carbocycles. The van der Waals surface area contributed by atoms with Crippen molar-refractivity contribution in [3.8, 4) is 5.69 Å². The van der Waals surface area contributed by atoms with E-state index in [2.05, 4.69) is 21.0 Å². The number of rotatable bonds is 2. The Balaban J connectivity index is 2.53. The van der Waals surface area contributed by atoms with Crippen molar-refractivity contribution < 1.29 is 0 Å². The summed E-state index contributed by atoms with van der Waals surface area (Å²) in [6, 6.07) is 9.45. The van der Waals surface area contributed by atoms with Gasteiger partial charge in [-0.15, -0.1) is 0 Å². The third kappa shape index (κ3) is 2.04. The lowest BCUT2D eigenvalue weighted by atomic mass is 10.3. The van der Waals surface area contributed by atoms with E-state index in [0.29, 0.717) is 0 Å². The second kappa shape index (κ2) is 4.06. The van der Waals surface area contributed by atoms with Crippen LogP contribution < -0.4 is 5.56 Å². The van der Waals surface area contributed by atoms with Crippen LogP contribution >= 0.6 is 15.9 Å². The molecule has 0 bridgehead atoms. The van der Waals surface area contributed by atoms with Crippen molar-refractivity contribution in [2.75, 3.05) is 0 Å². The SMILES string of the molecule is CCc1cc(=O)[nH]n1-c1ccc(Br)cc1. The molecule has 0 radical (unpaired) electrons. The van der Waals surface area contributed by atoms with Gasteiger partial charge in [-0.05, 0) is 30.7 Å². The van der Waals surface area contributed by atoms with Crippen LogP contribution in [0.5, 0.6) is 0 Å². The quantitative estimate of drug-likeness (QED) is 0.891. The molecular weight excluding hydrogens is 256 g/mol. The average Bonchev–Trinajstić information content (AvgIpc) is 2.61. The van der Waals surface area contributed by atoms with Gasteiger partial charge < -0.3 is 0 Å². The second-order valence-corrected chi connectivity index (χ2v) is 4.19. The molecule has 0 aliphatic rings. The molecule has 0 atom stereocenters. The zero-order chi connectivity index (χ0) is 10.8. The Kier molecular flexibility index (Phi) is 2.77. The normalized spacial score (nSPS) is 10.5. The molecule has 3 nitrogen and oxygen atoms in total. The summed E-state index contributed by atoms with van der Waals surface area (Å²) in [7, 11) is 0. The van der Waals surface area contributed by atoms with Crippen LogP contribution in [0.3, 0.4) is 0 Å². The van der Waals surface area contributed by atoms with Gasteiger partial charge in [0.25, 0.3) is 5.56 Å². The Hall–Kier alpha value is -1.29.